The maximum atomic E-state index is 3.38. The second-order valence-corrected chi connectivity index (χ2v) is 4.01. The summed E-state index contributed by atoms with van der Waals surface area (Å²) in [5.41, 5.74) is 1.32. The highest BCUT2D eigenvalue weighted by Crippen LogP contribution is 2.04. The van der Waals surface area contributed by atoms with E-state index in [-0.39, 0.29) is 0 Å². The Labute approximate surface area is 87.5 Å². The lowest BCUT2D eigenvalue weighted by Crippen LogP contribution is -2.30. The van der Waals surface area contributed by atoms with Crippen LogP contribution in [0, 0.1) is 6.92 Å². The van der Waals surface area contributed by atoms with Crippen LogP contribution in [0.1, 0.15) is 31.7 Å². The molecule has 2 rings (SSSR count). The summed E-state index contributed by atoms with van der Waals surface area (Å²) in [5.74, 6) is 0. The van der Waals surface area contributed by atoms with Gasteiger partial charge < -0.3 is 5.32 Å². The van der Waals surface area contributed by atoms with E-state index in [2.05, 4.69) is 31.3 Å². The molecule has 1 aromatic carbocycles. The molecule has 14 heavy (non-hydrogen) atoms. The van der Waals surface area contributed by atoms with Crippen molar-refractivity contribution in [3.8, 4) is 0 Å². The van der Waals surface area contributed by atoms with Gasteiger partial charge in [-0.1, -0.05) is 42.3 Å². The van der Waals surface area contributed by atoms with Crippen LogP contribution in [-0.4, -0.2) is 12.6 Å². The van der Waals surface area contributed by atoms with Crippen LogP contribution in [0.25, 0.3) is 0 Å². The molecule has 0 spiro atoms. The zero-order valence-corrected chi connectivity index (χ0v) is 9.29. The van der Waals surface area contributed by atoms with Crippen LogP contribution in [0.3, 0.4) is 0 Å². The third-order valence-corrected chi connectivity index (χ3v) is 2.50. The Hall–Kier alpha value is -0.820. The summed E-state index contributed by atoms with van der Waals surface area (Å²) in [5, 5.41) is 3.38. The fourth-order valence-corrected chi connectivity index (χ4v) is 1.56. The van der Waals surface area contributed by atoms with E-state index in [0.717, 1.165) is 6.04 Å². The van der Waals surface area contributed by atoms with Crippen LogP contribution in [-0.2, 0) is 0 Å². The molecule has 1 atom stereocenters. The second-order valence-electron chi connectivity index (χ2n) is 4.01. The summed E-state index contributed by atoms with van der Waals surface area (Å²) in [6.07, 6.45) is 4.18. The Morgan fingerprint density at radius 2 is 1.86 bits per heavy atom. The number of benzene rings is 1. The Balaban J connectivity index is 0.000000140. The normalized spacial score (nSPS) is 20.9. The first-order valence-electron chi connectivity index (χ1n) is 5.54. The zero-order valence-electron chi connectivity index (χ0n) is 9.29. The smallest absolute Gasteiger partial charge is 0.00387 e. The van der Waals surface area contributed by atoms with Gasteiger partial charge in [0.25, 0.3) is 0 Å². The first-order chi connectivity index (χ1) is 6.79. The molecule has 0 bridgehead atoms. The van der Waals surface area contributed by atoms with E-state index < -0.39 is 0 Å². The van der Waals surface area contributed by atoms with Gasteiger partial charge in [-0.05, 0) is 33.2 Å². The molecule has 0 amide bonds. The van der Waals surface area contributed by atoms with Crippen molar-refractivity contribution in [3.63, 3.8) is 0 Å². The summed E-state index contributed by atoms with van der Waals surface area (Å²) in [4.78, 5) is 0. The average molecular weight is 191 g/mol. The van der Waals surface area contributed by atoms with Crippen molar-refractivity contribution in [1.82, 2.24) is 5.32 Å². The molecule has 1 aliphatic rings. The van der Waals surface area contributed by atoms with Crippen molar-refractivity contribution in [2.45, 2.75) is 39.2 Å². The van der Waals surface area contributed by atoms with Gasteiger partial charge in [0.2, 0.25) is 0 Å². The van der Waals surface area contributed by atoms with Gasteiger partial charge in [-0.3, -0.25) is 0 Å². The lowest BCUT2D eigenvalue weighted by atomic mass is 10.1. The first-order valence-corrected chi connectivity index (χ1v) is 5.54. The molecule has 0 saturated carbocycles. The summed E-state index contributed by atoms with van der Waals surface area (Å²) in [6, 6.07) is 11.0. The van der Waals surface area contributed by atoms with Crippen LogP contribution in [0.15, 0.2) is 30.3 Å². The zero-order chi connectivity index (χ0) is 10.2. The van der Waals surface area contributed by atoms with E-state index in [9.17, 15) is 0 Å². The lowest BCUT2D eigenvalue weighted by molar-refractivity contribution is 0.425. The number of nitrogens with one attached hydrogen (secondary N) is 1. The van der Waals surface area contributed by atoms with E-state index in [1.807, 2.05) is 18.2 Å². The van der Waals surface area contributed by atoms with Gasteiger partial charge in [0.15, 0.2) is 0 Å². The molecule has 1 heterocycles. The van der Waals surface area contributed by atoms with Gasteiger partial charge in [-0.2, -0.15) is 0 Å². The summed E-state index contributed by atoms with van der Waals surface area (Å²) in [7, 11) is 0. The standard InChI is InChI=1S/C7H8.C6H13N/c1-7-5-3-2-4-6-7;1-6-4-2-3-5-7-6/h2-6H,1H3;6-7H,2-5H2,1H3. The molecule has 0 aliphatic carbocycles. The van der Waals surface area contributed by atoms with Gasteiger partial charge >= 0.3 is 0 Å². The molecule has 1 fully saturated rings. The minimum Gasteiger partial charge on any atom is -0.314 e. The molecule has 1 nitrogen and oxygen atoms in total. The Bertz CT molecular complexity index is 224. The molecule has 78 valence electrons. The van der Waals surface area contributed by atoms with E-state index in [1.165, 1.54) is 31.4 Å². The van der Waals surface area contributed by atoms with Crippen LogP contribution >= 0.6 is 0 Å². The third-order valence-electron chi connectivity index (χ3n) is 2.50. The molecule has 1 saturated heterocycles. The van der Waals surface area contributed by atoms with Crippen LogP contribution in [0.5, 0.6) is 0 Å². The molecule has 1 N–H and O–H groups in total. The van der Waals surface area contributed by atoms with E-state index in [1.54, 1.807) is 0 Å². The monoisotopic (exact) mass is 191 g/mol. The highest BCUT2D eigenvalue weighted by Gasteiger charge is 2.04. The summed E-state index contributed by atoms with van der Waals surface area (Å²) < 4.78 is 0. The molecular formula is C13H21N. The molecule has 0 radical (unpaired) electrons. The van der Waals surface area contributed by atoms with E-state index in [0.29, 0.717) is 0 Å². The van der Waals surface area contributed by atoms with Crippen molar-refractivity contribution < 1.29 is 0 Å². The van der Waals surface area contributed by atoms with Crippen molar-refractivity contribution in [3.05, 3.63) is 35.9 Å². The largest absolute Gasteiger partial charge is 0.314 e. The van der Waals surface area contributed by atoms with Crippen LogP contribution in [0.2, 0.25) is 0 Å². The molecule has 1 aromatic rings. The number of rotatable bonds is 0. The number of hydrogen-bond acceptors (Lipinski definition) is 1. The predicted molar refractivity (Wildman–Crippen MR) is 62.5 cm³/mol. The molecular weight excluding hydrogens is 170 g/mol. The van der Waals surface area contributed by atoms with Crippen molar-refractivity contribution in [2.24, 2.45) is 0 Å². The van der Waals surface area contributed by atoms with E-state index in [4.69, 9.17) is 0 Å². The number of hydrogen-bond donors (Lipinski definition) is 1. The maximum Gasteiger partial charge on any atom is 0.00387 e. The van der Waals surface area contributed by atoms with Gasteiger partial charge in [-0.25, -0.2) is 0 Å². The van der Waals surface area contributed by atoms with Crippen molar-refractivity contribution >= 4 is 0 Å². The van der Waals surface area contributed by atoms with Gasteiger partial charge in [0.05, 0.1) is 0 Å². The Morgan fingerprint density at radius 3 is 2.14 bits per heavy atom. The molecule has 1 unspecified atom stereocenters. The van der Waals surface area contributed by atoms with Gasteiger partial charge in [0, 0.05) is 6.04 Å². The molecule has 1 aliphatic heterocycles. The summed E-state index contributed by atoms with van der Waals surface area (Å²) in [6.45, 7) is 5.57. The summed E-state index contributed by atoms with van der Waals surface area (Å²) >= 11 is 0. The van der Waals surface area contributed by atoms with Crippen molar-refractivity contribution in [1.29, 1.82) is 0 Å². The van der Waals surface area contributed by atoms with Crippen LogP contribution in [0.4, 0.5) is 0 Å². The van der Waals surface area contributed by atoms with Crippen LogP contribution < -0.4 is 5.32 Å². The number of aryl methyl sites for hydroxylation is 1. The average Bonchev–Trinajstić information content (AvgIpc) is 2.21. The number of piperidine rings is 1. The third kappa shape index (κ3) is 5.03. The Morgan fingerprint density at radius 1 is 1.14 bits per heavy atom. The first kappa shape index (κ1) is 11.3. The van der Waals surface area contributed by atoms with E-state index >= 15 is 0 Å². The fraction of sp³-hybridized carbons (Fsp3) is 0.538. The highest BCUT2D eigenvalue weighted by atomic mass is 14.9. The Kier molecular flexibility index (Phi) is 5.31. The SMILES string of the molecule is CC1CCCCN1.Cc1ccccc1. The second kappa shape index (κ2) is 6.61. The predicted octanol–water partition coefficient (Wildman–Crippen LogP) is 3.14. The quantitative estimate of drug-likeness (QED) is 0.664. The minimum absolute atomic E-state index is 0.786. The highest BCUT2D eigenvalue weighted by molar-refractivity contribution is 5.11. The van der Waals surface area contributed by atoms with Gasteiger partial charge in [0.1, 0.15) is 0 Å². The molecule has 0 aromatic heterocycles. The lowest BCUT2D eigenvalue weighted by Gasteiger charge is -2.18. The van der Waals surface area contributed by atoms with Gasteiger partial charge in [-0.15, -0.1) is 0 Å². The topological polar surface area (TPSA) is 12.0 Å². The minimum atomic E-state index is 0.786. The fourth-order valence-electron chi connectivity index (χ4n) is 1.56. The maximum absolute atomic E-state index is 3.38. The van der Waals surface area contributed by atoms with Crippen molar-refractivity contribution in [2.75, 3.05) is 6.54 Å². The molecule has 1 heteroatoms.